The molecular weight excluding hydrogens is 276 g/mol. The van der Waals surface area contributed by atoms with Crippen molar-refractivity contribution in [2.24, 2.45) is 0 Å². The third kappa shape index (κ3) is 3.20. The molecule has 0 atom stereocenters. The average molecular weight is 289 g/mol. The summed E-state index contributed by atoms with van der Waals surface area (Å²) < 4.78 is 32.0. The van der Waals surface area contributed by atoms with Crippen molar-refractivity contribution in [2.75, 3.05) is 17.7 Å². The van der Waals surface area contributed by atoms with Crippen molar-refractivity contribution in [3.8, 4) is 11.8 Å². The SMILES string of the molecule is CCOc1cc(Nc2ccc(F)c(C#N)c2)c(N)cc1F. The lowest BCUT2D eigenvalue weighted by molar-refractivity contribution is 0.322. The lowest BCUT2D eigenvalue weighted by Gasteiger charge is -2.13. The van der Waals surface area contributed by atoms with Gasteiger partial charge < -0.3 is 15.8 Å². The lowest BCUT2D eigenvalue weighted by atomic mass is 10.2. The van der Waals surface area contributed by atoms with Gasteiger partial charge in [0.25, 0.3) is 0 Å². The zero-order valence-corrected chi connectivity index (χ0v) is 11.3. The fourth-order valence-electron chi connectivity index (χ4n) is 1.79. The molecule has 0 unspecified atom stereocenters. The van der Waals surface area contributed by atoms with Gasteiger partial charge in [-0.15, -0.1) is 0 Å². The largest absolute Gasteiger partial charge is 0.491 e. The molecular formula is C15H13F2N3O. The molecule has 0 radical (unpaired) electrons. The van der Waals surface area contributed by atoms with E-state index in [1.165, 1.54) is 24.3 Å². The van der Waals surface area contributed by atoms with E-state index < -0.39 is 11.6 Å². The van der Waals surface area contributed by atoms with E-state index in [2.05, 4.69) is 5.32 Å². The van der Waals surface area contributed by atoms with E-state index >= 15 is 0 Å². The minimum Gasteiger partial charge on any atom is -0.491 e. The number of anilines is 3. The van der Waals surface area contributed by atoms with Crippen molar-refractivity contribution < 1.29 is 13.5 Å². The van der Waals surface area contributed by atoms with E-state index in [1.54, 1.807) is 13.0 Å². The Morgan fingerprint density at radius 3 is 2.67 bits per heavy atom. The maximum Gasteiger partial charge on any atom is 0.167 e. The van der Waals surface area contributed by atoms with Crippen LogP contribution in [0.4, 0.5) is 25.8 Å². The van der Waals surface area contributed by atoms with Gasteiger partial charge in [0.05, 0.1) is 23.5 Å². The first-order valence-corrected chi connectivity index (χ1v) is 6.23. The van der Waals surface area contributed by atoms with Gasteiger partial charge in [-0.3, -0.25) is 0 Å². The molecule has 0 saturated carbocycles. The highest BCUT2D eigenvalue weighted by Crippen LogP contribution is 2.31. The summed E-state index contributed by atoms with van der Waals surface area (Å²) in [6.45, 7) is 2.05. The van der Waals surface area contributed by atoms with Crippen LogP contribution in [0.2, 0.25) is 0 Å². The van der Waals surface area contributed by atoms with Crippen molar-refractivity contribution in [3.63, 3.8) is 0 Å². The van der Waals surface area contributed by atoms with Crippen molar-refractivity contribution >= 4 is 17.1 Å². The van der Waals surface area contributed by atoms with E-state index in [0.717, 1.165) is 6.07 Å². The maximum atomic E-state index is 13.6. The quantitative estimate of drug-likeness (QED) is 0.844. The zero-order valence-electron chi connectivity index (χ0n) is 11.3. The summed E-state index contributed by atoms with van der Waals surface area (Å²) >= 11 is 0. The minimum absolute atomic E-state index is 0.0665. The number of nitrogen functional groups attached to an aromatic ring is 1. The smallest absolute Gasteiger partial charge is 0.167 e. The summed E-state index contributed by atoms with van der Waals surface area (Å²) in [7, 11) is 0. The number of nitriles is 1. The Morgan fingerprint density at radius 2 is 2.00 bits per heavy atom. The van der Waals surface area contributed by atoms with Crippen LogP contribution in [0.25, 0.3) is 0 Å². The highest BCUT2D eigenvalue weighted by molar-refractivity contribution is 5.74. The number of nitrogens with one attached hydrogen (secondary N) is 1. The Balaban J connectivity index is 2.35. The summed E-state index contributed by atoms with van der Waals surface area (Å²) in [6, 6.07) is 8.28. The molecule has 0 aromatic heterocycles. The molecule has 0 amide bonds. The van der Waals surface area contributed by atoms with Crippen LogP contribution in [0, 0.1) is 23.0 Å². The number of rotatable bonds is 4. The molecule has 6 heteroatoms. The van der Waals surface area contributed by atoms with Crippen LogP contribution < -0.4 is 15.8 Å². The van der Waals surface area contributed by atoms with E-state index in [-0.39, 0.29) is 17.0 Å². The van der Waals surface area contributed by atoms with Gasteiger partial charge in [0, 0.05) is 17.8 Å². The topological polar surface area (TPSA) is 71.1 Å². The number of hydrogen-bond donors (Lipinski definition) is 2. The molecule has 2 aromatic rings. The second-order valence-electron chi connectivity index (χ2n) is 4.23. The fourth-order valence-corrected chi connectivity index (χ4v) is 1.79. The molecule has 0 saturated heterocycles. The molecule has 0 bridgehead atoms. The fraction of sp³-hybridized carbons (Fsp3) is 0.133. The molecule has 0 heterocycles. The Morgan fingerprint density at radius 1 is 1.24 bits per heavy atom. The monoisotopic (exact) mass is 289 g/mol. The number of hydrogen-bond acceptors (Lipinski definition) is 4. The Hall–Kier alpha value is -2.81. The Labute approximate surface area is 120 Å². The summed E-state index contributed by atoms with van der Waals surface area (Å²) in [5, 5.41) is 11.7. The number of nitrogens with zero attached hydrogens (tertiary/aromatic N) is 1. The summed E-state index contributed by atoms with van der Waals surface area (Å²) in [5.41, 5.74) is 6.70. The van der Waals surface area contributed by atoms with E-state index in [9.17, 15) is 8.78 Å². The molecule has 4 nitrogen and oxygen atoms in total. The Kier molecular flexibility index (Phi) is 4.24. The molecule has 21 heavy (non-hydrogen) atoms. The first kappa shape index (κ1) is 14.6. The van der Waals surface area contributed by atoms with Crippen LogP contribution in [-0.4, -0.2) is 6.61 Å². The molecule has 0 aliphatic carbocycles. The lowest BCUT2D eigenvalue weighted by Crippen LogP contribution is -2.01. The molecule has 0 aliphatic rings. The number of benzene rings is 2. The second kappa shape index (κ2) is 6.09. The molecule has 2 rings (SSSR count). The molecule has 2 aromatic carbocycles. The standard InChI is InChI=1S/C15H13F2N3O/c1-2-21-15-7-14(13(19)6-12(15)17)20-10-3-4-11(16)9(5-10)8-18/h3-7,20H,2,19H2,1H3. The number of nitrogens with two attached hydrogens (primary N) is 1. The first-order chi connectivity index (χ1) is 10.0. The van der Waals surface area contributed by atoms with Crippen LogP contribution in [0.1, 0.15) is 12.5 Å². The molecule has 0 aliphatic heterocycles. The third-order valence-corrected chi connectivity index (χ3v) is 2.77. The third-order valence-electron chi connectivity index (χ3n) is 2.77. The first-order valence-electron chi connectivity index (χ1n) is 6.23. The molecule has 3 N–H and O–H groups in total. The normalized spacial score (nSPS) is 10.0. The van der Waals surface area contributed by atoms with Crippen molar-refractivity contribution in [1.29, 1.82) is 5.26 Å². The van der Waals surface area contributed by atoms with Crippen LogP contribution in [-0.2, 0) is 0 Å². The predicted molar refractivity (Wildman–Crippen MR) is 76.4 cm³/mol. The average Bonchev–Trinajstić information content (AvgIpc) is 2.46. The van der Waals surface area contributed by atoms with Gasteiger partial charge in [0.2, 0.25) is 0 Å². The van der Waals surface area contributed by atoms with Gasteiger partial charge in [-0.25, -0.2) is 8.78 Å². The van der Waals surface area contributed by atoms with Gasteiger partial charge >= 0.3 is 0 Å². The summed E-state index contributed by atoms with van der Waals surface area (Å²) in [4.78, 5) is 0. The van der Waals surface area contributed by atoms with Crippen LogP contribution in [0.15, 0.2) is 30.3 Å². The van der Waals surface area contributed by atoms with Crippen molar-refractivity contribution in [2.45, 2.75) is 6.92 Å². The van der Waals surface area contributed by atoms with E-state index in [0.29, 0.717) is 18.0 Å². The molecule has 108 valence electrons. The highest BCUT2D eigenvalue weighted by Gasteiger charge is 2.10. The van der Waals surface area contributed by atoms with Crippen molar-refractivity contribution in [1.82, 2.24) is 0 Å². The van der Waals surface area contributed by atoms with Gasteiger partial charge in [0.1, 0.15) is 11.9 Å². The minimum atomic E-state index is -0.606. The van der Waals surface area contributed by atoms with Gasteiger partial charge in [-0.05, 0) is 25.1 Å². The van der Waals surface area contributed by atoms with Crippen molar-refractivity contribution in [3.05, 3.63) is 47.5 Å². The Bertz CT molecular complexity index is 711. The number of halogens is 2. The van der Waals surface area contributed by atoms with E-state index in [4.69, 9.17) is 15.7 Å². The summed E-state index contributed by atoms with van der Waals surface area (Å²) in [6.07, 6.45) is 0. The maximum absolute atomic E-state index is 13.6. The van der Waals surface area contributed by atoms with Gasteiger partial charge in [-0.2, -0.15) is 5.26 Å². The highest BCUT2D eigenvalue weighted by atomic mass is 19.1. The second-order valence-corrected chi connectivity index (χ2v) is 4.23. The van der Waals surface area contributed by atoms with E-state index in [1.807, 2.05) is 0 Å². The molecule has 0 fully saturated rings. The van der Waals surface area contributed by atoms with Gasteiger partial charge in [0.15, 0.2) is 11.6 Å². The zero-order chi connectivity index (χ0) is 15.4. The van der Waals surface area contributed by atoms with Crippen LogP contribution in [0.5, 0.6) is 5.75 Å². The summed E-state index contributed by atoms with van der Waals surface area (Å²) in [5.74, 6) is -1.10. The van der Waals surface area contributed by atoms with Crippen LogP contribution in [0.3, 0.4) is 0 Å². The predicted octanol–water partition coefficient (Wildman–Crippen LogP) is 3.56. The molecule has 0 spiro atoms. The van der Waals surface area contributed by atoms with Gasteiger partial charge in [-0.1, -0.05) is 0 Å². The van der Waals surface area contributed by atoms with Crippen LogP contribution >= 0.6 is 0 Å². The number of ether oxygens (including phenoxy) is 1.